The maximum Gasteiger partial charge on any atom is 0.115 e. The molecule has 0 aliphatic heterocycles. The van der Waals surface area contributed by atoms with Gasteiger partial charge in [0.2, 0.25) is 0 Å². The summed E-state index contributed by atoms with van der Waals surface area (Å²) >= 11 is 1.99. The van der Waals surface area contributed by atoms with Gasteiger partial charge < -0.3 is 5.11 Å². The molecule has 0 spiro atoms. The largest absolute Gasteiger partial charge is 0.508 e. The van der Waals surface area contributed by atoms with Gasteiger partial charge >= 0.3 is 0 Å². The molecular weight excluding hydrogens is 252 g/mol. The molecule has 0 saturated heterocycles. The van der Waals surface area contributed by atoms with E-state index < -0.39 is 0 Å². The SMILES string of the molecule is CSCCCC1CCCCC1.Cc1ccc(O)cc1. The lowest BCUT2D eigenvalue weighted by molar-refractivity contribution is 0.337. The molecule has 2 rings (SSSR count). The van der Waals surface area contributed by atoms with Gasteiger partial charge in [0.05, 0.1) is 0 Å². The quantitative estimate of drug-likeness (QED) is 0.744. The number of rotatable bonds is 4. The molecule has 0 amide bonds. The summed E-state index contributed by atoms with van der Waals surface area (Å²) in [5.41, 5.74) is 1.17. The van der Waals surface area contributed by atoms with Crippen LogP contribution in [-0.2, 0) is 0 Å². The first-order valence-corrected chi connectivity index (χ1v) is 8.86. The Kier molecular flexibility index (Phi) is 8.81. The molecule has 1 nitrogen and oxygen atoms in total. The van der Waals surface area contributed by atoms with Crippen molar-refractivity contribution in [3.63, 3.8) is 0 Å². The highest BCUT2D eigenvalue weighted by Crippen LogP contribution is 2.27. The van der Waals surface area contributed by atoms with Crippen molar-refractivity contribution in [2.24, 2.45) is 5.92 Å². The molecule has 19 heavy (non-hydrogen) atoms. The summed E-state index contributed by atoms with van der Waals surface area (Å²) in [6.07, 6.45) is 12.7. The van der Waals surface area contributed by atoms with Crippen molar-refractivity contribution in [1.82, 2.24) is 0 Å². The molecule has 108 valence electrons. The normalized spacial score (nSPS) is 15.7. The third kappa shape index (κ3) is 8.20. The van der Waals surface area contributed by atoms with Crippen molar-refractivity contribution in [3.05, 3.63) is 29.8 Å². The minimum Gasteiger partial charge on any atom is -0.508 e. The Morgan fingerprint density at radius 2 is 1.74 bits per heavy atom. The fourth-order valence-corrected chi connectivity index (χ4v) is 2.99. The van der Waals surface area contributed by atoms with Crippen molar-refractivity contribution in [2.75, 3.05) is 12.0 Å². The minimum atomic E-state index is 0.329. The fraction of sp³-hybridized carbons (Fsp3) is 0.647. The number of thioether (sulfide) groups is 1. The van der Waals surface area contributed by atoms with Crippen LogP contribution in [0.1, 0.15) is 50.5 Å². The summed E-state index contributed by atoms with van der Waals surface area (Å²) in [6.45, 7) is 1.99. The maximum atomic E-state index is 8.76. The second-order valence-corrected chi connectivity index (χ2v) is 6.46. The lowest BCUT2D eigenvalue weighted by Crippen LogP contribution is -2.06. The van der Waals surface area contributed by atoms with Gasteiger partial charge in [-0.3, -0.25) is 0 Å². The summed E-state index contributed by atoms with van der Waals surface area (Å²) in [5, 5.41) is 8.76. The van der Waals surface area contributed by atoms with Gasteiger partial charge in [-0.2, -0.15) is 11.8 Å². The number of hydrogen-bond acceptors (Lipinski definition) is 2. The molecule has 0 heterocycles. The first kappa shape index (κ1) is 16.4. The number of phenolic OH excluding ortho intramolecular Hbond substituents is 1. The van der Waals surface area contributed by atoms with Gasteiger partial charge in [-0.05, 0) is 49.8 Å². The van der Waals surface area contributed by atoms with E-state index in [1.54, 1.807) is 12.1 Å². The van der Waals surface area contributed by atoms with Crippen LogP contribution >= 0.6 is 11.8 Å². The highest BCUT2D eigenvalue weighted by atomic mass is 32.2. The molecule has 1 N–H and O–H groups in total. The lowest BCUT2D eigenvalue weighted by Gasteiger charge is -2.20. The van der Waals surface area contributed by atoms with Crippen LogP contribution in [0.4, 0.5) is 0 Å². The number of hydrogen-bond donors (Lipinski definition) is 1. The Hall–Kier alpha value is -0.630. The average molecular weight is 280 g/mol. The van der Waals surface area contributed by atoms with E-state index in [2.05, 4.69) is 6.26 Å². The second-order valence-electron chi connectivity index (χ2n) is 5.47. The van der Waals surface area contributed by atoms with Crippen LogP contribution in [0.2, 0.25) is 0 Å². The summed E-state index contributed by atoms with van der Waals surface area (Å²) in [6, 6.07) is 7.09. The number of phenols is 1. The van der Waals surface area contributed by atoms with Crippen molar-refractivity contribution in [3.8, 4) is 5.75 Å². The Bertz CT molecular complexity index is 294. The summed E-state index contributed by atoms with van der Waals surface area (Å²) in [4.78, 5) is 0. The zero-order valence-electron chi connectivity index (χ0n) is 12.4. The first-order chi connectivity index (χ1) is 9.22. The molecule has 2 heteroatoms. The Morgan fingerprint density at radius 3 is 2.26 bits per heavy atom. The maximum absolute atomic E-state index is 8.76. The van der Waals surface area contributed by atoms with E-state index in [1.807, 2.05) is 30.8 Å². The molecule has 1 aromatic carbocycles. The first-order valence-electron chi connectivity index (χ1n) is 7.47. The third-order valence-electron chi connectivity index (χ3n) is 3.72. The van der Waals surface area contributed by atoms with Gasteiger partial charge in [-0.15, -0.1) is 0 Å². The standard InChI is InChI=1S/C10H20S.C7H8O/c1-11-9-5-8-10-6-3-2-4-7-10;1-6-2-4-7(8)5-3-6/h10H,2-9H2,1H3;2-5,8H,1H3. The topological polar surface area (TPSA) is 20.2 Å². The van der Waals surface area contributed by atoms with E-state index in [9.17, 15) is 0 Å². The van der Waals surface area contributed by atoms with Gasteiger partial charge in [0.1, 0.15) is 5.75 Å². The Balaban J connectivity index is 0.000000200. The van der Waals surface area contributed by atoms with Gasteiger partial charge in [-0.25, -0.2) is 0 Å². The molecule has 1 aliphatic rings. The van der Waals surface area contributed by atoms with E-state index in [0.29, 0.717) is 5.75 Å². The minimum absolute atomic E-state index is 0.329. The molecule has 1 fully saturated rings. The van der Waals surface area contributed by atoms with Crippen LogP contribution in [0.3, 0.4) is 0 Å². The van der Waals surface area contributed by atoms with Crippen molar-refractivity contribution >= 4 is 11.8 Å². The van der Waals surface area contributed by atoms with E-state index in [-0.39, 0.29) is 0 Å². The zero-order chi connectivity index (χ0) is 13.9. The van der Waals surface area contributed by atoms with E-state index in [1.165, 1.54) is 56.3 Å². The Morgan fingerprint density at radius 1 is 1.11 bits per heavy atom. The lowest BCUT2D eigenvalue weighted by atomic mass is 9.86. The molecular formula is C17H28OS. The Labute approximate surface area is 122 Å². The van der Waals surface area contributed by atoms with Crippen LogP contribution in [0.15, 0.2) is 24.3 Å². The van der Waals surface area contributed by atoms with Crippen LogP contribution in [0, 0.1) is 12.8 Å². The summed E-state index contributed by atoms with van der Waals surface area (Å²) in [5.74, 6) is 2.79. The molecule has 0 bridgehead atoms. The third-order valence-corrected chi connectivity index (χ3v) is 4.42. The molecule has 0 radical (unpaired) electrons. The highest BCUT2D eigenvalue weighted by Gasteiger charge is 2.11. The predicted octanol–water partition coefficient (Wildman–Crippen LogP) is 5.41. The van der Waals surface area contributed by atoms with Gasteiger partial charge in [0.25, 0.3) is 0 Å². The summed E-state index contributed by atoms with van der Waals surface area (Å²) < 4.78 is 0. The molecule has 0 unspecified atom stereocenters. The molecule has 1 aliphatic carbocycles. The number of aryl methyl sites for hydroxylation is 1. The smallest absolute Gasteiger partial charge is 0.115 e. The molecule has 1 aromatic rings. The summed E-state index contributed by atoms with van der Waals surface area (Å²) in [7, 11) is 0. The van der Waals surface area contributed by atoms with Crippen LogP contribution in [-0.4, -0.2) is 17.1 Å². The number of benzene rings is 1. The predicted molar refractivity (Wildman–Crippen MR) is 87.0 cm³/mol. The molecule has 0 atom stereocenters. The van der Waals surface area contributed by atoms with E-state index in [4.69, 9.17) is 5.11 Å². The monoisotopic (exact) mass is 280 g/mol. The van der Waals surface area contributed by atoms with Crippen LogP contribution in [0.25, 0.3) is 0 Å². The second kappa shape index (κ2) is 10.2. The van der Waals surface area contributed by atoms with Crippen molar-refractivity contribution < 1.29 is 5.11 Å². The molecule has 0 aromatic heterocycles. The van der Waals surface area contributed by atoms with Gasteiger partial charge in [-0.1, -0.05) is 49.8 Å². The number of aromatic hydroxyl groups is 1. The van der Waals surface area contributed by atoms with Crippen molar-refractivity contribution in [2.45, 2.75) is 51.9 Å². The highest BCUT2D eigenvalue weighted by molar-refractivity contribution is 7.98. The van der Waals surface area contributed by atoms with Gasteiger partial charge in [0, 0.05) is 0 Å². The van der Waals surface area contributed by atoms with E-state index >= 15 is 0 Å². The van der Waals surface area contributed by atoms with Crippen LogP contribution in [0.5, 0.6) is 5.75 Å². The van der Waals surface area contributed by atoms with Gasteiger partial charge in [0.15, 0.2) is 0 Å². The van der Waals surface area contributed by atoms with Crippen LogP contribution < -0.4 is 0 Å². The van der Waals surface area contributed by atoms with E-state index in [0.717, 1.165) is 5.92 Å². The molecule has 1 saturated carbocycles. The average Bonchev–Trinajstić information content (AvgIpc) is 2.44. The zero-order valence-corrected chi connectivity index (χ0v) is 13.2. The van der Waals surface area contributed by atoms with Crippen molar-refractivity contribution in [1.29, 1.82) is 0 Å². The fourth-order valence-electron chi connectivity index (χ4n) is 2.54.